The van der Waals surface area contributed by atoms with Gasteiger partial charge in [0.25, 0.3) is 0 Å². The van der Waals surface area contributed by atoms with Crippen LogP contribution in [0.3, 0.4) is 0 Å². The Morgan fingerprint density at radius 2 is 1.23 bits per heavy atom. The number of benzene rings is 4. The molecule has 0 aliphatic rings. The Balaban J connectivity index is 1.61. The number of ether oxygens (including phenoxy) is 2. The normalized spacial score (nSPS) is 12.0. The first-order valence-corrected chi connectivity index (χ1v) is 18.9. The molecule has 0 unspecified atom stereocenters. The highest BCUT2D eigenvalue weighted by atomic mass is 32.2. The number of anilines is 2. The summed E-state index contributed by atoms with van der Waals surface area (Å²) >= 11 is 0. The lowest BCUT2D eigenvalue weighted by Gasteiger charge is -2.27. The van der Waals surface area contributed by atoms with E-state index in [0.29, 0.717) is 28.9 Å². The highest BCUT2D eigenvalue weighted by molar-refractivity contribution is 7.90. The zero-order valence-electron chi connectivity index (χ0n) is 28.9. The van der Waals surface area contributed by atoms with Crippen molar-refractivity contribution in [2.24, 2.45) is 0 Å². The Hall–Kier alpha value is -5.42. The topological polar surface area (TPSA) is 151 Å². The Bertz CT molecular complexity index is 2150. The van der Waals surface area contributed by atoms with Crippen molar-refractivity contribution in [2.45, 2.75) is 22.3 Å². The summed E-state index contributed by atoms with van der Waals surface area (Å²) in [6, 6.07) is 18.0. The molecular weight excluding hydrogens is 731 g/mol. The molecular formula is C37H38F2N4O8S2. The van der Waals surface area contributed by atoms with Crippen molar-refractivity contribution in [2.75, 3.05) is 43.7 Å². The third kappa shape index (κ3) is 10.6. The van der Waals surface area contributed by atoms with E-state index in [0.717, 1.165) is 30.3 Å². The van der Waals surface area contributed by atoms with Gasteiger partial charge in [0, 0.05) is 30.5 Å². The highest BCUT2D eigenvalue weighted by Gasteiger charge is 2.31. The summed E-state index contributed by atoms with van der Waals surface area (Å²) in [5.74, 6) is -2.25. The standard InChI is InChI=1S/C37H38F2N4O8S2/c1-5-18-42(29-10-14-31(50-3)15-11-29)36(44)25-40-52(46,47)33-8-7-9-34(24-33)53(48,49)41-35(22-26-20-27(38)23-28(39)21-26)37(45)43(19-6-2)30-12-16-32(51-4)17-13-30/h5-17,20-21,23-24,35,40-41H,1-2,18-19,22,25H2,3-4H3/t35-/m0/s1. The van der Waals surface area contributed by atoms with E-state index >= 15 is 0 Å². The summed E-state index contributed by atoms with van der Waals surface area (Å²) in [6.45, 7) is 6.65. The van der Waals surface area contributed by atoms with E-state index in [2.05, 4.69) is 22.6 Å². The fourth-order valence-electron chi connectivity index (χ4n) is 5.19. The maximum atomic E-state index is 14.2. The van der Waals surface area contributed by atoms with Crippen LogP contribution in [-0.4, -0.2) is 68.5 Å². The summed E-state index contributed by atoms with van der Waals surface area (Å²) in [5, 5.41) is 0. The lowest BCUT2D eigenvalue weighted by atomic mass is 10.0. The molecule has 0 fully saturated rings. The van der Waals surface area contributed by atoms with Gasteiger partial charge in [0.15, 0.2) is 0 Å². The number of hydrogen-bond acceptors (Lipinski definition) is 8. The summed E-state index contributed by atoms with van der Waals surface area (Å²) < 4.78 is 97.5. The van der Waals surface area contributed by atoms with E-state index in [1.807, 2.05) is 0 Å². The molecule has 4 aromatic carbocycles. The van der Waals surface area contributed by atoms with Crippen LogP contribution in [0.1, 0.15) is 5.56 Å². The molecule has 0 aliphatic carbocycles. The minimum atomic E-state index is -4.68. The highest BCUT2D eigenvalue weighted by Crippen LogP contribution is 2.24. The summed E-state index contributed by atoms with van der Waals surface area (Å²) in [6.07, 6.45) is 2.40. The van der Waals surface area contributed by atoms with Crippen LogP contribution < -0.4 is 28.7 Å². The van der Waals surface area contributed by atoms with Crippen LogP contribution in [0.15, 0.2) is 126 Å². The van der Waals surface area contributed by atoms with E-state index in [1.165, 1.54) is 42.2 Å². The van der Waals surface area contributed by atoms with Crippen LogP contribution in [0.25, 0.3) is 0 Å². The number of sulfonamides is 2. The molecule has 280 valence electrons. The Kier molecular flexibility index (Phi) is 13.6. The predicted molar refractivity (Wildman–Crippen MR) is 197 cm³/mol. The molecule has 0 bridgehead atoms. The van der Waals surface area contributed by atoms with E-state index in [4.69, 9.17) is 9.47 Å². The molecule has 2 amide bonds. The molecule has 0 spiro atoms. The van der Waals surface area contributed by atoms with Crippen molar-refractivity contribution >= 4 is 43.2 Å². The number of nitrogens with one attached hydrogen (secondary N) is 2. The van der Waals surface area contributed by atoms with Gasteiger partial charge >= 0.3 is 0 Å². The van der Waals surface area contributed by atoms with Crippen molar-refractivity contribution < 1.29 is 44.7 Å². The molecule has 4 aromatic rings. The summed E-state index contributed by atoms with van der Waals surface area (Å²) in [4.78, 5) is 28.7. The molecule has 16 heteroatoms. The SMILES string of the molecule is C=CCN(C(=O)CNS(=O)(=O)c1cccc(S(=O)(=O)N[C@@H](Cc2cc(F)cc(F)c2)C(=O)N(CC=C)c2ccc(OC)cc2)c1)c1ccc(OC)cc1. The fourth-order valence-corrected chi connectivity index (χ4v) is 7.52. The number of nitrogens with zero attached hydrogens (tertiary/aromatic N) is 2. The molecule has 2 N–H and O–H groups in total. The van der Waals surface area contributed by atoms with Gasteiger partial charge in [0.2, 0.25) is 31.9 Å². The monoisotopic (exact) mass is 768 g/mol. The zero-order valence-corrected chi connectivity index (χ0v) is 30.5. The van der Waals surface area contributed by atoms with Crippen LogP contribution in [0.2, 0.25) is 0 Å². The maximum absolute atomic E-state index is 14.2. The molecule has 1 atom stereocenters. The Morgan fingerprint density at radius 3 is 1.74 bits per heavy atom. The van der Waals surface area contributed by atoms with Crippen molar-refractivity contribution in [1.29, 1.82) is 0 Å². The second-order valence-corrected chi connectivity index (χ2v) is 14.9. The maximum Gasteiger partial charge on any atom is 0.245 e. The molecule has 0 radical (unpaired) electrons. The molecule has 0 saturated carbocycles. The van der Waals surface area contributed by atoms with Crippen LogP contribution in [0, 0.1) is 11.6 Å². The first-order chi connectivity index (χ1) is 25.2. The van der Waals surface area contributed by atoms with Crippen molar-refractivity contribution in [3.63, 3.8) is 0 Å². The van der Waals surface area contributed by atoms with E-state index in [-0.39, 0.29) is 18.7 Å². The minimum Gasteiger partial charge on any atom is -0.497 e. The molecule has 0 aromatic heterocycles. The first-order valence-electron chi connectivity index (χ1n) is 15.9. The third-order valence-corrected chi connectivity index (χ3v) is 10.6. The van der Waals surface area contributed by atoms with Crippen LogP contribution in [0.4, 0.5) is 20.2 Å². The molecule has 4 rings (SSSR count). The van der Waals surface area contributed by atoms with E-state index in [1.54, 1.807) is 48.5 Å². The van der Waals surface area contributed by atoms with E-state index in [9.17, 15) is 35.2 Å². The Labute approximate surface area is 307 Å². The lowest BCUT2D eigenvalue weighted by molar-refractivity contribution is -0.120. The molecule has 0 heterocycles. The number of amides is 2. The van der Waals surface area contributed by atoms with Crippen molar-refractivity contribution in [3.05, 3.63) is 134 Å². The van der Waals surface area contributed by atoms with Crippen LogP contribution in [-0.2, 0) is 36.1 Å². The van der Waals surface area contributed by atoms with Crippen LogP contribution in [0.5, 0.6) is 11.5 Å². The van der Waals surface area contributed by atoms with Gasteiger partial charge < -0.3 is 19.3 Å². The Morgan fingerprint density at radius 1 is 0.736 bits per heavy atom. The molecule has 0 aliphatic heterocycles. The number of carbonyl (C=O) groups is 2. The average Bonchev–Trinajstić information content (AvgIpc) is 3.14. The number of methoxy groups -OCH3 is 2. The average molecular weight is 769 g/mol. The van der Waals surface area contributed by atoms with Gasteiger partial charge in [-0.25, -0.2) is 30.3 Å². The minimum absolute atomic E-state index is 0.0258. The van der Waals surface area contributed by atoms with Gasteiger partial charge in [0.1, 0.15) is 29.2 Å². The number of carbonyl (C=O) groups excluding carboxylic acids is 2. The second kappa shape index (κ2) is 17.9. The fraction of sp³-hybridized carbons (Fsp3) is 0.189. The first kappa shape index (κ1) is 40.4. The number of halogens is 2. The summed E-state index contributed by atoms with van der Waals surface area (Å²) in [7, 11) is -6.19. The molecule has 0 saturated heterocycles. The van der Waals surface area contributed by atoms with Gasteiger partial charge in [-0.2, -0.15) is 4.72 Å². The van der Waals surface area contributed by atoms with E-state index < -0.39 is 72.3 Å². The van der Waals surface area contributed by atoms with Gasteiger partial charge in [-0.3, -0.25) is 9.59 Å². The van der Waals surface area contributed by atoms with Crippen molar-refractivity contribution in [3.8, 4) is 11.5 Å². The van der Waals surface area contributed by atoms with Gasteiger partial charge in [-0.15, -0.1) is 13.2 Å². The van der Waals surface area contributed by atoms with Crippen molar-refractivity contribution in [1.82, 2.24) is 9.44 Å². The smallest absolute Gasteiger partial charge is 0.245 e. The zero-order chi connectivity index (χ0) is 38.8. The quantitative estimate of drug-likeness (QED) is 0.140. The van der Waals surface area contributed by atoms with Gasteiger partial charge in [-0.1, -0.05) is 18.2 Å². The second-order valence-electron chi connectivity index (χ2n) is 11.4. The molecule has 53 heavy (non-hydrogen) atoms. The van der Waals surface area contributed by atoms with Gasteiger partial charge in [-0.05, 0) is 90.8 Å². The van der Waals surface area contributed by atoms with Gasteiger partial charge in [0.05, 0.1) is 30.6 Å². The number of hydrogen-bond donors (Lipinski definition) is 2. The predicted octanol–water partition coefficient (Wildman–Crippen LogP) is 4.59. The largest absolute Gasteiger partial charge is 0.497 e. The molecule has 12 nitrogen and oxygen atoms in total. The third-order valence-electron chi connectivity index (χ3n) is 7.76. The van der Waals surface area contributed by atoms with Crippen LogP contribution >= 0.6 is 0 Å². The number of rotatable bonds is 18. The summed E-state index contributed by atoms with van der Waals surface area (Å²) in [5.41, 5.74) is 0.776. The lowest BCUT2D eigenvalue weighted by Crippen LogP contribution is -2.50.